The lowest BCUT2D eigenvalue weighted by atomic mass is 10.0. The molecular formula is C24H24FNO2. The van der Waals surface area contributed by atoms with E-state index >= 15 is 0 Å². The average molecular weight is 377 g/mol. The first-order valence-corrected chi connectivity index (χ1v) is 9.27. The van der Waals surface area contributed by atoms with Crippen LogP contribution in [-0.2, 0) is 4.74 Å². The van der Waals surface area contributed by atoms with Gasteiger partial charge in [-0.05, 0) is 23.9 Å². The van der Waals surface area contributed by atoms with E-state index in [1.165, 1.54) is 6.07 Å². The molecule has 0 saturated heterocycles. The maximum absolute atomic E-state index is 14.3. The van der Waals surface area contributed by atoms with Gasteiger partial charge in [-0.15, -0.1) is 0 Å². The van der Waals surface area contributed by atoms with Crippen molar-refractivity contribution in [3.05, 3.63) is 103 Å². The number of benzene rings is 3. The second kappa shape index (κ2) is 10.3. The number of ether oxygens (including phenoxy) is 2. The zero-order valence-electron chi connectivity index (χ0n) is 15.7. The van der Waals surface area contributed by atoms with Gasteiger partial charge in [-0.1, -0.05) is 73.3 Å². The van der Waals surface area contributed by atoms with E-state index < -0.39 is 0 Å². The summed E-state index contributed by atoms with van der Waals surface area (Å²) in [7, 11) is 0. The van der Waals surface area contributed by atoms with Crippen LogP contribution in [0.3, 0.4) is 0 Å². The lowest BCUT2D eigenvalue weighted by Gasteiger charge is -2.22. The van der Waals surface area contributed by atoms with E-state index in [9.17, 15) is 4.39 Å². The fourth-order valence-corrected chi connectivity index (χ4v) is 2.91. The van der Waals surface area contributed by atoms with Crippen molar-refractivity contribution in [3.63, 3.8) is 0 Å². The molecule has 0 saturated carbocycles. The Labute approximate surface area is 165 Å². The van der Waals surface area contributed by atoms with Crippen molar-refractivity contribution in [2.45, 2.75) is 6.10 Å². The molecule has 4 heteroatoms. The first-order valence-electron chi connectivity index (χ1n) is 9.27. The Bertz CT molecular complexity index is 883. The van der Waals surface area contributed by atoms with Gasteiger partial charge >= 0.3 is 0 Å². The molecule has 0 aromatic heterocycles. The van der Waals surface area contributed by atoms with Crippen LogP contribution in [0.1, 0.15) is 11.7 Å². The molecule has 0 fully saturated rings. The SMILES string of the molecule is C=CNCCOC[C@@H](Oc1ccccc1-c1ccccc1F)c1ccccc1. The highest BCUT2D eigenvalue weighted by Crippen LogP contribution is 2.34. The Morgan fingerprint density at radius 2 is 1.57 bits per heavy atom. The van der Waals surface area contributed by atoms with Crippen molar-refractivity contribution in [1.82, 2.24) is 5.32 Å². The Balaban J connectivity index is 1.83. The first-order chi connectivity index (χ1) is 13.8. The van der Waals surface area contributed by atoms with E-state index in [-0.39, 0.29) is 11.9 Å². The van der Waals surface area contributed by atoms with E-state index in [4.69, 9.17) is 9.47 Å². The molecule has 0 aliphatic carbocycles. The van der Waals surface area contributed by atoms with Gasteiger partial charge in [0.2, 0.25) is 0 Å². The van der Waals surface area contributed by atoms with Gasteiger partial charge < -0.3 is 14.8 Å². The summed E-state index contributed by atoms with van der Waals surface area (Å²) < 4.78 is 26.4. The van der Waals surface area contributed by atoms with Crippen LogP contribution in [0.4, 0.5) is 4.39 Å². The summed E-state index contributed by atoms with van der Waals surface area (Å²) in [5.74, 6) is 0.343. The standard InChI is InChI=1S/C24H24FNO2/c1-2-26-16-17-27-18-24(19-10-4-3-5-11-19)28-23-15-9-7-13-21(23)20-12-6-8-14-22(20)25/h2-15,24,26H,1,16-18H2/t24-/m1/s1. The van der Waals surface area contributed by atoms with Crippen LogP contribution in [0, 0.1) is 5.82 Å². The maximum Gasteiger partial charge on any atom is 0.147 e. The average Bonchev–Trinajstić information content (AvgIpc) is 2.74. The predicted molar refractivity (Wildman–Crippen MR) is 111 cm³/mol. The second-order valence-electron chi connectivity index (χ2n) is 6.23. The Hall–Kier alpha value is -3.11. The zero-order valence-corrected chi connectivity index (χ0v) is 15.7. The van der Waals surface area contributed by atoms with Crippen LogP contribution in [0.25, 0.3) is 11.1 Å². The largest absolute Gasteiger partial charge is 0.483 e. The zero-order chi connectivity index (χ0) is 19.6. The highest BCUT2D eigenvalue weighted by Gasteiger charge is 2.17. The van der Waals surface area contributed by atoms with Crippen LogP contribution in [0.5, 0.6) is 5.75 Å². The fraction of sp³-hybridized carbons (Fsp3) is 0.167. The van der Waals surface area contributed by atoms with Crippen LogP contribution < -0.4 is 10.1 Å². The number of halogens is 1. The highest BCUT2D eigenvalue weighted by molar-refractivity contribution is 5.70. The second-order valence-corrected chi connectivity index (χ2v) is 6.23. The lowest BCUT2D eigenvalue weighted by molar-refractivity contribution is 0.0520. The summed E-state index contributed by atoms with van der Waals surface area (Å²) in [6.45, 7) is 5.22. The molecule has 0 unspecified atom stereocenters. The van der Waals surface area contributed by atoms with E-state index in [1.54, 1.807) is 18.3 Å². The summed E-state index contributed by atoms with van der Waals surface area (Å²) in [6.07, 6.45) is 1.33. The Kier molecular flexibility index (Phi) is 7.21. The summed E-state index contributed by atoms with van der Waals surface area (Å²) in [5.41, 5.74) is 2.23. The van der Waals surface area contributed by atoms with Gasteiger partial charge in [0.05, 0.1) is 13.2 Å². The van der Waals surface area contributed by atoms with Gasteiger partial charge in [0.15, 0.2) is 0 Å². The molecule has 0 aliphatic rings. The lowest BCUT2D eigenvalue weighted by Crippen LogP contribution is -2.19. The molecular weight excluding hydrogens is 353 g/mol. The predicted octanol–water partition coefficient (Wildman–Crippen LogP) is 5.36. The topological polar surface area (TPSA) is 30.5 Å². The van der Waals surface area contributed by atoms with Crippen molar-refractivity contribution in [1.29, 1.82) is 0 Å². The molecule has 0 bridgehead atoms. The monoisotopic (exact) mass is 377 g/mol. The van der Waals surface area contributed by atoms with E-state index in [2.05, 4.69) is 11.9 Å². The van der Waals surface area contributed by atoms with Crippen molar-refractivity contribution >= 4 is 0 Å². The van der Waals surface area contributed by atoms with Gasteiger partial charge in [-0.3, -0.25) is 0 Å². The van der Waals surface area contributed by atoms with Gasteiger partial charge in [-0.25, -0.2) is 4.39 Å². The van der Waals surface area contributed by atoms with Crippen LogP contribution in [0.2, 0.25) is 0 Å². The van der Waals surface area contributed by atoms with Crippen LogP contribution >= 0.6 is 0 Å². The minimum absolute atomic E-state index is 0.276. The van der Waals surface area contributed by atoms with Gasteiger partial charge in [0.1, 0.15) is 17.7 Å². The summed E-state index contributed by atoms with van der Waals surface area (Å²) in [5, 5.41) is 3.00. The third-order valence-electron chi connectivity index (χ3n) is 4.30. The molecule has 28 heavy (non-hydrogen) atoms. The smallest absolute Gasteiger partial charge is 0.147 e. The molecule has 0 amide bonds. The Morgan fingerprint density at radius 3 is 2.32 bits per heavy atom. The van der Waals surface area contributed by atoms with Gasteiger partial charge in [-0.2, -0.15) is 0 Å². The fourth-order valence-electron chi connectivity index (χ4n) is 2.91. The molecule has 0 aliphatic heterocycles. The maximum atomic E-state index is 14.3. The summed E-state index contributed by atoms with van der Waals surface area (Å²) in [6, 6.07) is 24.1. The van der Waals surface area contributed by atoms with E-state index in [1.807, 2.05) is 60.7 Å². The highest BCUT2D eigenvalue weighted by atomic mass is 19.1. The van der Waals surface area contributed by atoms with E-state index in [0.717, 1.165) is 11.1 Å². The van der Waals surface area contributed by atoms with Crippen LogP contribution in [0.15, 0.2) is 91.6 Å². The molecule has 144 valence electrons. The van der Waals surface area contributed by atoms with Crippen molar-refractivity contribution in [2.24, 2.45) is 0 Å². The third-order valence-corrected chi connectivity index (χ3v) is 4.30. The minimum atomic E-state index is -0.308. The van der Waals surface area contributed by atoms with Gasteiger partial charge in [0.25, 0.3) is 0 Å². The molecule has 1 atom stereocenters. The van der Waals surface area contributed by atoms with Crippen molar-refractivity contribution in [2.75, 3.05) is 19.8 Å². The quantitative estimate of drug-likeness (QED) is 0.482. The molecule has 3 nitrogen and oxygen atoms in total. The molecule has 3 aromatic carbocycles. The molecule has 3 rings (SSSR count). The number of hydrogen-bond acceptors (Lipinski definition) is 3. The number of rotatable bonds is 10. The van der Waals surface area contributed by atoms with Crippen molar-refractivity contribution < 1.29 is 13.9 Å². The number of nitrogens with one attached hydrogen (secondary N) is 1. The molecule has 0 radical (unpaired) electrons. The van der Waals surface area contributed by atoms with E-state index in [0.29, 0.717) is 31.1 Å². The normalized spacial score (nSPS) is 11.6. The summed E-state index contributed by atoms with van der Waals surface area (Å²) in [4.78, 5) is 0. The van der Waals surface area contributed by atoms with Crippen molar-refractivity contribution in [3.8, 4) is 16.9 Å². The molecule has 1 N–H and O–H groups in total. The first kappa shape index (κ1) is 19.6. The molecule has 0 spiro atoms. The molecule has 0 heterocycles. The molecule has 3 aromatic rings. The minimum Gasteiger partial charge on any atom is -0.483 e. The number of hydrogen-bond donors (Lipinski definition) is 1. The van der Waals surface area contributed by atoms with Gasteiger partial charge in [0, 0.05) is 17.7 Å². The Morgan fingerprint density at radius 1 is 0.893 bits per heavy atom. The third kappa shape index (κ3) is 5.21. The summed E-state index contributed by atoms with van der Waals surface area (Å²) >= 11 is 0. The number of para-hydroxylation sites is 1. The van der Waals surface area contributed by atoms with Crippen LogP contribution in [-0.4, -0.2) is 19.8 Å².